The Bertz CT molecular complexity index is 1600. The highest BCUT2D eigenvalue weighted by Gasteiger charge is 2.81. The number of halogens is 1. The summed E-state index contributed by atoms with van der Waals surface area (Å²) in [6, 6.07) is 18.0. The van der Waals surface area contributed by atoms with Gasteiger partial charge in [0, 0.05) is 22.9 Å². The van der Waals surface area contributed by atoms with Crippen LogP contribution in [0.1, 0.15) is 53.7 Å². The van der Waals surface area contributed by atoms with Crippen LogP contribution in [0.5, 0.6) is 5.75 Å². The fourth-order valence-corrected chi connectivity index (χ4v) is 8.24. The van der Waals surface area contributed by atoms with Gasteiger partial charge in [-0.15, -0.1) is 0 Å². The van der Waals surface area contributed by atoms with Gasteiger partial charge in [0.15, 0.2) is 5.78 Å². The van der Waals surface area contributed by atoms with Crippen molar-refractivity contribution in [1.82, 2.24) is 4.90 Å². The number of para-hydroxylation sites is 1. The number of amides is 2. The fraction of sp³-hybridized carbons (Fsp3) is 0.344. The molecule has 4 aliphatic rings. The zero-order valence-electron chi connectivity index (χ0n) is 22.6. The SMILES string of the molecule is Cc1cc(Cl)c2c(c1)[C@@]1(C(=O)N2)N2CCC[C@@H]2[C@@H](C(=O)c2ccc(OC(C)C)cc2)[C@]12C(=O)Nc1ccccc12. The van der Waals surface area contributed by atoms with E-state index in [9.17, 15) is 14.4 Å². The lowest BCUT2D eigenvalue weighted by Gasteiger charge is -2.43. The number of carbonyl (C=O) groups is 3. The predicted octanol–water partition coefficient (Wildman–Crippen LogP) is 5.45. The Morgan fingerprint density at radius 1 is 1.02 bits per heavy atom. The summed E-state index contributed by atoms with van der Waals surface area (Å²) in [6.45, 7) is 6.41. The first-order chi connectivity index (χ1) is 19.2. The Kier molecular flexibility index (Phi) is 5.48. The number of aryl methyl sites for hydroxylation is 1. The molecule has 7 nitrogen and oxygen atoms in total. The van der Waals surface area contributed by atoms with Crippen LogP contribution < -0.4 is 15.4 Å². The summed E-state index contributed by atoms with van der Waals surface area (Å²) in [4.78, 5) is 45.9. The molecule has 3 aromatic carbocycles. The van der Waals surface area contributed by atoms with Crippen molar-refractivity contribution < 1.29 is 19.1 Å². The number of hydrogen-bond donors (Lipinski definition) is 2. The van der Waals surface area contributed by atoms with Crippen molar-refractivity contribution >= 4 is 40.6 Å². The lowest BCUT2D eigenvalue weighted by Crippen LogP contribution is -2.62. The van der Waals surface area contributed by atoms with E-state index in [0.717, 1.165) is 12.0 Å². The Labute approximate surface area is 237 Å². The van der Waals surface area contributed by atoms with Crippen LogP contribution in [0.4, 0.5) is 11.4 Å². The third-order valence-electron chi connectivity index (χ3n) is 9.09. The van der Waals surface area contributed by atoms with Crippen molar-refractivity contribution in [1.29, 1.82) is 0 Å². The molecule has 0 bridgehead atoms. The minimum absolute atomic E-state index is 0.00136. The van der Waals surface area contributed by atoms with E-state index < -0.39 is 16.9 Å². The number of Topliss-reactive ketones (excluding diaryl/α,β-unsaturated/α-hetero) is 1. The van der Waals surface area contributed by atoms with E-state index in [1.54, 1.807) is 24.3 Å². The average Bonchev–Trinajstić information content (AvgIpc) is 3.63. The summed E-state index contributed by atoms with van der Waals surface area (Å²) in [7, 11) is 0. The number of anilines is 2. The van der Waals surface area contributed by atoms with Crippen LogP contribution in [0, 0.1) is 12.8 Å². The third-order valence-corrected chi connectivity index (χ3v) is 9.39. The number of ketones is 1. The zero-order chi connectivity index (χ0) is 28.0. The van der Waals surface area contributed by atoms with Crippen LogP contribution in [-0.4, -0.2) is 41.2 Å². The Morgan fingerprint density at radius 3 is 2.52 bits per heavy atom. The lowest BCUT2D eigenvalue weighted by atomic mass is 9.57. The summed E-state index contributed by atoms with van der Waals surface area (Å²) in [5.41, 5.74) is 0.928. The van der Waals surface area contributed by atoms with Crippen molar-refractivity contribution in [2.75, 3.05) is 17.2 Å². The molecular formula is C32H30ClN3O4. The van der Waals surface area contributed by atoms with Gasteiger partial charge in [-0.2, -0.15) is 0 Å². The highest BCUT2D eigenvalue weighted by atomic mass is 35.5. The van der Waals surface area contributed by atoms with Gasteiger partial charge in [-0.3, -0.25) is 19.3 Å². The van der Waals surface area contributed by atoms with Crippen molar-refractivity contribution in [3.63, 3.8) is 0 Å². The van der Waals surface area contributed by atoms with Crippen LogP contribution in [0.2, 0.25) is 5.02 Å². The molecule has 2 fully saturated rings. The van der Waals surface area contributed by atoms with Crippen molar-refractivity contribution in [3.05, 3.63) is 87.9 Å². The zero-order valence-corrected chi connectivity index (χ0v) is 23.3. The number of hydrogen-bond acceptors (Lipinski definition) is 5. The second-order valence-corrected chi connectivity index (χ2v) is 12.0. The van der Waals surface area contributed by atoms with E-state index in [0.29, 0.717) is 51.8 Å². The van der Waals surface area contributed by atoms with Crippen molar-refractivity contribution in [3.8, 4) is 5.75 Å². The minimum Gasteiger partial charge on any atom is -0.491 e. The average molecular weight is 556 g/mol. The number of benzene rings is 3. The number of ether oxygens (including phenoxy) is 1. The van der Waals surface area contributed by atoms with Gasteiger partial charge in [0.05, 0.1) is 22.7 Å². The van der Waals surface area contributed by atoms with Gasteiger partial charge in [0.1, 0.15) is 16.7 Å². The normalized spacial score (nSPS) is 28.1. The Morgan fingerprint density at radius 2 is 1.77 bits per heavy atom. The maximum Gasteiger partial charge on any atom is 0.251 e. The second-order valence-electron chi connectivity index (χ2n) is 11.6. The molecule has 4 heterocycles. The molecule has 2 saturated heterocycles. The molecule has 0 aliphatic carbocycles. The van der Waals surface area contributed by atoms with Crippen LogP contribution >= 0.6 is 11.6 Å². The summed E-state index contributed by atoms with van der Waals surface area (Å²) >= 11 is 6.71. The molecule has 4 aliphatic heterocycles. The van der Waals surface area contributed by atoms with Crippen LogP contribution in [0.25, 0.3) is 0 Å². The largest absolute Gasteiger partial charge is 0.491 e. The molecule has 8 heteroatoms. The molecule has 0 saturated carbocycles. The number of nitrogens with one attached hydrogen (secondary N) is 2. The summed E-state index contributed by atoms with van der Waals surface area (Å²) in [5.74, 6) is -0.931. The Balaban J connectivity index is 1.51. The maximum absolute atomic E-state index is 14.7. The van der Waals surface area contributed by atoms with Gasteiger partial charge in [-0.05, 0) is 87.7 Å². The molecule has 2 N–H and O–H groups in total. The maximum atomic E-state index is 14.7. The minimum atomic E-state index is -1.49. The highest BCUT2D eigenvalue weighted by Crippen LogP contribution is 2.68. The predicted molar refractivity (Wildman–Crippen MR) is 153 cm³/mol. The number of carbonyl (C=O) groups excluding carboxylic acids is 3. The lowest BCUT2D eigenvalue weighted by molar-refractivity contribution is -0.137. The van der Waals surface area contributed by atoms with Crippen LogP contribution in [-0.2, 0) is 20.5 Å². The van der Waals surface area contributed by atoms with E-state index in [4.69, 9.17) is 16.3 Å². The molecule has 0 radical (unpaired) electrons. The van der Waals surface area contributed by atoms with E-state index >= 15 is 0 Å². The molecule has 40 heavy (non-hydrogen) atoms. The number of rotatable bonds is 4. The first-order valence-electron chi connectivity index (χ1n) is 13.8. The first kappa shape index (κ1) is 25.3. The molecule has 204 valence electrons. The molecular weight excluding hydrogens is 526 g/mol. The summed E-state index contributed by atoms with van der Waals surface area (Å²) < 4.78 is 5.80. The molecule has 3 aromatic rings. The fourth-order valence-electron chi connectivity index (χ4n) is 7.92. The van der Waals surface area contributed by atoms with E-state index in [1.165, 1.54) is 0 Å². The quantitative estimate of drug-likeness (QED) is 0.418. The molecule has 2 amide bonds. The summed E-state index contributed by atoms with van der Waals surface area (Å²) in [6.07, 6.45) is 1.52. The smallest absolute Gasteiger partial charge is 0.251 e. The van der Waals surface area contributed by atoms with Crippen molar-refractivity contribution in [2.45, 2.75) is 56.7 Å². The van der Waals surface area contributed by atoms with Gasteiger partial charge in [0.25, 0.3) is 5.91 Å². The number of nitrogens with zero attached hydrogens (tertiary/aromatic N) is 1. The molecule has 7 rings (SSSR count). The molecule has 0 unspecified atom stereocenters. The Hall–Kier alpha value is -3.68. The molecule has 2 spiro atoms. The second kappa shape index (κ2) is 8.66. The molecule has 4 atom stereocenters. The van der Waals surface area contributed by atoms with Gasteiger partial charge in [0.2, 0.25) is 5.91 Å². The van der Waals surface area contributed by atoms with Gasteiger partial charge < -0.3 is 15.4 Å². The van der Waals surface area contributed by atoms with E-state index in [2.05, 4.69) is 15.5 Å². The summed E-state index contributed by atoms with van der Waals surface area (Å²) in [5, 5.41) is 6.54. The third kappa shape index (κ3) is 3.02. The highest BCUT2D eigenvalue weighted by molar-refractivity contribution is 6.35. The van der Waals surface area contributed by atoms with Crippen LogP contribution in [0.3, 0.4) is 0 Å². The van der Waals surface area contributed by atoms with Crippen molar-refractivity contribution in [2.24, 2.45) is 5.92 Å². The van der Waals surface area contributed by atoms with Crippen LogP contribution in [0.15, 0.2) is 60.7 Å². The number of fused-ring (bicyclic) bond motifs is 7. The van der Waals surface area contributed by atoms with Gasteiger partial charge in [-0.1, -0.05) is 35.9 Å². The van der Waals surface area contributed by atoms with Gasteiger partial charge in [-0.25, -0.2) is 0 Å². The van der Waals surface area contributed by atoms with E-state index in [1.807, 2.05) is 57.2 Å². The first-order valence-corrected chi connectivity index (χ1v) is 14.2. The monoisotopic (exact) mass is 555 g/mol. The van der Waals surface area contributed by atoms with Gasteiger partial charge >= 0.3 is 0 Å². The molecule has 0 aromatic heterocycles. The topological polar surface area (TPSA) is 87.7 Å². The standard InChI is InChI=1S/C32H30ClN3O4/c1-17(2)40-20-12-10-19(11-13-20)28(37)26-25-9-6-14-36(25)32(22-15-18(3)16-23(33)27(22)35-30(32)39)31(26)21-7-4-5-8-24(21)34-29(31)38/h4-5,7-8,10-13,15-17,25-26H,6,9,14H2,1-3H3,(H,34,38)(H,35,39)/t25-,26+,31-,32+/m1/s1. The van der Waals surface area contributed by atoms with E-state index in [-0.39, 0.29) is 29.7 Å².